The zero-order valence-electron chi connectivity index (χ0n) is 11.2. The summed E-state index contributed by atoms with van der Waals surface area (Å²) in [7, 11) is 0. The maximum atomic E-state index is 11.7. The molecule has 1 amide bonds. The minimum atomic E-state index is -0.175. The Balaban J connectivity index is 1.55. The van der Waals surface area contributed by atoms with E-state index in [2.05, 4.69) is 15.3 Å². The van der Waals surface area contributed by atoms with Crippen LogP contribution >= 0.6 is 0 Å². The largest absolute Gasteiger partial charge is 0.378 e. The van der Waals surface area contributed by atoms with Gasteiger partial charge in [-0.15, -0.1) is 0 Å². The van der Waals surface area contributed by atoms with Gasteiger partial charge in [0.1, 0.15) is 5.69 Å². The van der Waals surface area contributed by atoms with Crippen LogP contribution in [0, 0.1) is 0 Å². The first-order valence-electron chi connectivity index (χ1n) is 7.02. The Labute approximate surface area is 113 Å². The van der Waals surface area contributed by atoms with Crippen LogP contribution in [0.1, 0.15) is 49.0 Å². The molecular formula is C14H21N3O2. The lowest BCUT2D eigenvalue weighted by molar-refractivity contribution is 0.0273. The number of nitrogens with zero attached hydrogens (tertiary/aromatic N) is 2. The van der Waals surface area contributed by atoms with E-state index in [1.54, 1.807) is 6.20 Å². The lowest BCUT2D eigenvalue weighted by Gasteiger charge is -2.21. The van der Waals surface area contributed by atoms with Crippen molar-refractivity contribution in [3.8, 4) is 0 Å². The molecule has 5 heteroatoms. The Morgan fingerprint density at radius 3 is 2.89 bits per heavy atom. The highest BCUT2D eigenvalue weighted by atomic mass is 16.5. The normalized spacial score (nSPS) is 16.2. The van der Waals surface area contributed by atoms with Crippen molar-refractivity contribution in [1.29, 1.82) is 0 Å². The summed E-state index contributed by atoms with van der Waals surface area (Å²) < 4.78 is 5.79. The van der Waals surface area contributed by atoms with Crippen LogP contribution in [-0.4, -0.2) is 35.1 Å². The Hall–Kier alpha value is -1.49. The number of aromatic nitrogens is 2. The highest BCUT2D eigenvalue weighted by Crippen LogP contribution is 2.20. The van der Waals surface area contributed by atoms with Gasteiger partial charge >= 0.3 is 0 Å². The van der Waals surface area contributed by atoms with Crippen LogP contribution in [0.4, 0.5) is 0 Å². The van der Waals surface area contributed by atoms with Gasteiger partial charge in [-0.3, -0.25) is 9.78 Å². The monoisotopic (exact) mass is 263 g/mol. The van der Waals surface area contributed by atoms with E-state index in [4.69, 9.17) is 4.74 Å². The van der Waals surface area contributed by atoms with Crippen LogP contribution in [0.25, 0.3) is 0 Å². The number of hydrogen-bond acceptors (Lipinski definition) is 4. The molecule has 1 aromatic rings. The molecule has 104 valence electrons. The number of carbonyl (C=O) groups is 1. The molecule has 19 heavy (non-hydrogen) atoms. The van der Waals surface area contributed by atoms with Crippen LogP contribution in [0.2, 0.25) is 0 Å². The highest BCUT2D eigenvalue weighted by Gasteiger charge is 2.13. The molecule has 0 spiro atoms. The van der Waals surface area contributed by atoms with E-state index in [9.17, 15) is 4.79 Å². The predicted octanol–water partition coefficient (Wildman–Crippen LogP) is 1.95. The van der Waals surface area contributed by atoms with Crippen molar-refractivity contribution in [2.24, 2.45) is 0 Å². The Bertz CT molecular complexity index is 378. The minimum absolute atomic E-state index is 0.175. The van der Waals surface area contributed by atoms with Gasteiger partial charge in [-0.2, -0.15) is 0 Å². The lowest BCUT2D eigenvalue weighted by atomic mass is 9.98. The van der Waals surface area contributed by atoms with E-state index in [1.165, 1.54) is 44.5 Å². The molecule has 0 radical (unpaired) electrons. The number of hydrogen-bond donors (Lipinski definition) is 1. The molecule has 2 rings (SSSR count). The van der Waals surface area contributed by atoms with Gasteiger partial charge in [0, 0.05) is 25.5 Å². The number of carbonyl (C=O) groups excluding carboxylic acids is 1. The maximum Gasteiger partial charge on any atom is 0.271 e. The predicted molar refractivity (Wildman–Crippen MR) is 71.8 cm³/mol. The van der Waals surface area contributed by atoms with Crippen LogP contribution in [0.5, 0.6) is 0 Å². The SMILES string of the molecule is O=C(NCCCOC1CCCCC1)c1cnccn1. The van der Waals surface area contributed by atoms with Crippen molar-refractivity contribution in [3.05, 3.63) is 24.3 Å². The molecule has 1 N–H and O–H groups in total. The third kappa shape index (κ3) is 4.95. The average molecular weight is 263 g/mol. The standard InChI is InChI=1S/C14H21N3O2/c18-14(13-11-15-8-9-16-13)17-7-4-10-19-12-5-2-1-3-6-12/h8-9,11-12H,1-7,10H2,(H,17,18). The summed E-state index contributed by atoms with van der Waals surface area (Å²) in [6.45, 7) is 1.33. The van der Waals surface area contributed by atoms with Crippen LogP contribution < -0.4 is 5.32 Å². The summed E-state index contributed by atoms with van der Waals surface area (Å²) in [6.07, 6.45) is 12.1. The fourth-order valence-electron chi connectivity index (χ4n) is 2.26. The summed E-state index contributed by atoms with van der Waals surface area (Å²) in [4.78, 5) is 19.5. The molecule has 5 nitrogen and oxygen atoms in total. The van der Waals surface area contributed by atoms with Crippen molar-refractivity contribution in [2.45, 2.75) is 44.6 Å². The minimum Gasteiger partial charge on any atom is -0.378 e. The van der Waals surface area contributed by atoms with E-state index < -0.39 is 0 Å². The Morgan fingerprint density at radius 2 is 2.16 bits per heavy atom. The summed E-state index contributed by atoms with van der Waals surface area (Å²) in [5.74, 6) is -0.175. The van der Waals surface area contributed by atoms with Gasteiger partial charge < -0.3 is 10.1 Å². The Morgan fingerprint density at radius 1 is 1.32 bits per heavy atom. The molecule has 0 bridgehead atoms. The Kier molecular flexibility index (Phi) is 5.75. The van der Waals surface area contributed by atoms with Gasteiger partial charge in [-0.05, 0) is 19.3 Å². The fraction of sp³-hybridized carbons (Fsp3) is 0.643. The van der Waals surface area contributed by atoms with Gasteiger partial charge in [0.15, 0.2) is 0 Å². The molecule has 0 aliphatic heterocycles. The number of rotatable bonds is 6. The van der Waals surface area contributed by atoms with Gasteiger partial charge in [0.25, 0.3) is 5.91 Å². The molecule has 0 atom stereocenters. The second kappa shape index (κ2) is 7.84. The third-order valence-corrected chi connectivity index (χ3v) is 3.31. The summed E-state index contributed by atoms with van der Waals surface area (Å²) >= 11 is 0. The average Bonchev–Trinajstić information content (AvgIpc) is 2.49. The van der Waals surface area contributed by atoms with Crippen molar-refractivity contribution < 1.29 is 9.53 Å². The molecule has 0 unspecified atom stereocenters. The van der Waals surface area contributed by atoms with E-state index in [0.29, 0.717) is 24.9 Å². The highest BCUT2D eigenvalue weighted by molar-refractivity contribution is 5.91. The molecule has 1 saturated carbocycles. The van der Waals surface area contributed by atoms with E-state index in [0.717, 1.165) is 6.42 Å². The molecule has 1 aliphatic rings. The molecule has 1 aromatic heterocycles. The zero-order valence-corrected chi connectivity index (χ0v) is 11.2. The van der Waals surface area contributed by atoms with Crippen molar-refractivity contribution in [1.82, 2.24) is 15.3 Å². The molecule has 0 aromatic carbocycles. The number of ether oxygens (including phenoxy) is 1. The van der Waals surface area contributed by atoms with Gasteiger partial charge in [-0.25, -0.2) is 4.98 Å². The van der Waals surface area contributed by atoms with Gasteiger partial charge in [0.05, 0.1) is 12.3 Å². The van der Waals surface area contributed by atoms with Crippen LogP contribution in [-0.2, 0) is 4.74 Å². The first-order valence-corrected chi connectivity index (χ1v) is 7.02. The molecular weight excluding hydrogens is 242 g/mol. The maximum absolute atomic E-state index is 11.7. The van der Waals surface area contributed by atoms with E-state index >= 15 is 0 Å². The van der Waals surface area contributed by atoms with Crippen molar-refractivity contribution >= 4 is 5.91 Å². The second-order valence-corrected chi connectivity index (χ2v) is 4.83. The molecule has 1 heterocycles. The van der Waals surface area contributed by atoms with Crippen LogP contribution in [0.3, 0.4) is 0 Å². The quantitative estimate of drug-likeness (QED) is 0.797. The smallest absolute Gasteiger partial charge is 0.271 e. The topological polar surface area (TPSA) is 64.1 Å². The van der Waals surface area contributed by atoms with Crippen molar-refractivity contribution in [2.75, 3.05) is 13.2 Å². The van der Waals surface area contributed by atoms with Crippen molar-refractivity contribution in [3.63, 3.8) is 0 Å². The molecule has 1 aliphatic carbocycles. The third-order valence-electron chi connectivity index (χ3n) is 3.31. The van der Waals surface area contributed by atoms with E-state index in [-0.39, 0.29) is 5.91 Å². The molecule has 0 saturated heterocycles. The second-order valence-electron chi connectivity index (χ2n) is 4.83. The van der Waals surface area contributed by atoms with Gasteiger partial charge in [-0.1, -0.05) is 19.3 Å². The summed E-state index contributed by atoms with van der Waals surface area (Å²) in [5, 5.41) is 2.82. The van der Waals surface area contributed by atoms with E-state index in [1.807, 2.05) is 0 Å². The zero-order chi connectivity index (χ0) is 13.3. The lowest BCUT2D eigenvalue weighted by Crippen LogP contribution is -2.27. The first kappa shape index (κ1) is 13.9. The number of amides is 1. The summed E-state index contributed by atoms with van der Waals surface area (Å²) in [5.41, 5.74) is 0.357. The molecule has 1 fully saturated rings. The fourth-order valence-corrected chi connectivity index (χ4v) is 2.26. The first-order chi connectivity index (χ1) is 9.36. The number of nitrogens with one attached hydrogen (secondary N) is 1. The summed E-state index contributed by atoms with van der Waals surface area (Å²) in [6, 6.07) is 0. The van der Waals surface area contributed by atoms with Gasteiger partial charge in [0.2, 0.25) is 0 Å². The van der Waals surface area contributed by atoms with Crippen LogP contribution in [0.15, 0.2) is 18.6 Å².